The molecule has 0 aromatic carbocycles. The summed E-state index contributed by atoms with van der Waals surface area (Å²) in [5.74, 6) is -3.19. The average molecular weight is 202 g/mol. The first kappa shape index (κ1) is 12.8. The lowest BCUT2D eigenvalue weighted by molar-refractivity contribution is -0.154. The largest absolute Gasteiger partial charge is 0.465 e. The standard InChI is InChI=1S/C9H14O5/c1-6(11)8(7(2)12)9(13)14-5-3-4-10/h8,10H,3-5H2,1-2H3. The van der Waals surface area contributed by atoms with E-state index in [1.165, 1.54) is 13.8 Å². The lowest BCUT2D eigenvalue weighted by Gasteiger charge is -2.09. The van der Waals surface area contributed by atoms with E-state index in [0.717, 1.165) is 0 Å². The summed E-state index contributed by atoms with van der Waals surface area (Å²) in [4.78, 5) is 32.9. The molecule has 0 heterocycles. The van der Waals surface area contributed by atoms with Gasteiger partial charge in [0.2, 0.25) is 0 Å². The second-order valence-electron chi connectivity index (χ2n) is 2.90. The number of rotatable bonds is 6. The van der Waals surface area contributed by atoms with Gasteiger partial charge in [-0.05, 0) is 13.8 Å². The van der Waals surface area contributed by atoms with E-state index in [0.29, 0.717) is 6.42 Å². The molecular formula is C9H14O5. The molecule has 0 fully saturated rings. The van der Waals surface area contributed by atoms with Gasteiger partial charge in [0.1, 0.15) is 0 Å². The Morgan fingerprint density at radius 2 is 1.71 bits per heavy atom. The highest BCUT2D eigenvalue weighted by Gasteiger charge is 2.29. The third-order valence-electron chi connectivity index (χ3n) is 1.60. The molecule has 0 unspecified atom stereocenters. The lowest BCUT2D eigenvalue weighted by Crippen LogP contribution is -2.30. The lowest BCUT2D eigenvalue weighted by atomic mass is 10.0. The van der Waals surface area contributed by atoms with Gasteiger partial charge in [0.25, 0.3) is 0 Å². The van der Waals surface area contributed by atoms with Gasteiger partial charge in [-0.2, -0.15) is 0 Å². The van der Waals surface area contributed by atoms with Crippen LogP contribution in [0, 0.1) is 5.92 Å². The molecule has 0 aromatic heterocycles. The second-order valence-corrected chi connectivity index (χ2v) is 2.90. The maximum absolute atomic E-state index is 11.2. The Hall–Kier alpha value is -1.23. The highest BCUT2D eigenvalue weighted by molar-refractivity contribution is 6.15. The van der Waals surface area contributed by atoms with Crippen molar-refractivity contribution in [3.05, 3.63) is 0 Å². The molecular weight excluding hydrogens is 188 g/mol. The monoisotopic (exact) mass is 202 g/mol. The van der Waals surface area contributed by atoms with Gasteiger partial charge in [0.05, 0.1) is 6.61 Å². The van der Waals surface area contributed by atoms with Gasteiger partial charge >= 0.3 is 5.97 Å². The molecule has 0 bridgehead atoms. The van der Waals surface area contributed by atoms with E-state index in [1.807, 2.05) is 0 Å². The summed E-state index contributed by atoms with van der Waals surface area (Å²) in [7, 11) is 0. The molecule has 14 heavy (non-hydrogen) atoms. The van der Waals surface area contributed by atoms with Crippen molar-refractivity contribution in [2.75, 3.05) is 13.2 Å². The molecule has 5 nitrogen and oxygen atoms in total. The molecule has 0 amide bonds. The molecule has 0 rings (SSSR count). The minimum atomic E-state index is -1.31. The maximum atomic E-state index is 11.2. The van der Waals surface area contributed by atoms with Crippen molar-refractivity contribution in [1.82, 2.24) is 0 Å². The third-order valence-corrected chi connectivity index (χ3v) is 1.60. The summed E-state index contributed by atoms with van der Waals surface area (Å²) in [6.07, 6.45) is 0.300. The van der Waals surface area contributed by atoms with Gasteiger partial charge in [-0.15, -0.1) is 0 Å². The molecule has 1 N–H and O–H groups in total. The van der Waals surface area contributed by atoms with Crippen LogP contribution in [0.2, 0.25) is 0 Å². The summed E-state index contributed by atoms with van der Waals surface area (Å²) in [5, 5.41) is 8.41. The molecule has 0 aromatic rings. The molecule has 0 spiro atoms. The highest BCUT2D eigenvalue weighted by Crippen LogP contribution is 2.03. The maximum Gasteiger partial charge on any atom is 0.324 e. The van der Waals surface area contributed by atoms with Crippen LogP contribution < -0.4 is 0 Å². The van der Waals surface area contributed by atoms with E-state index in [1.54, 1.807) is 0 Å². The fourth-order valence-electron chi connectivity index (χ4n) is 0.939. The van der Waals surface area contributed by atoms with E-state index in [4.69, 9.17) is 5.11 Å². The van der Waals surface area contributed by atoms with Crippen molar-refractivity contribution >= 4 is 17.5 Å². The van der Waals surface area contributed by atoms with Gasteiger partial charge in [0, 0.05) is 13.0 Å². The highest BCUT2D eigenvalue weighted by atomic mass is 16.5. The first-order chi connectivity index (χ1) is 6.50. The molecule has 0 saturated carbocycles. The number of aliphatic hydroxyl groups is 1. The molecule has 0 aliphatic heterocycles. The zero-order chi connectivity index (χ0) is 11.1. The van der Waals surface area contributed by atoms with Crippen molar-refractivity contribution in [3.8, 4) is 0 Å². The van der Waals surface area contributed by atoms with Gasteiger partial charge in [-0.1, -0.05) is 0 Å². The number of hydrogen-bond donors (Lipinski definition) is 1. The zero-order valence-corrected chi connectivity index (χ0v) is 8.28. The Balaban J connectivity index is 4.17. The number of carbonyl (C=O) groups excluding carboxylic acids is 3. The molecule has 0 saturated heterocycles. The van der Waals surface area contributed by atoms with Crippen molar-refractivity contribution in [2.45, 2.75) is 20.3 Å². The van der Waals surface area contributed by atoms with Crippen molar-refractivity contribution in [1.29, 1.82) is 0 Å². The summed E-state index contributed by atoms with van der Waals surface area (Å²) >= 11 is 0. The van der Waals surface area contributed by atoms with Gasteiger partial charge in [-0.3, -0.25) is 14.4 Å². The molecule has 0 atom stereocenters. The zero-order valence-electron chi connectivity index (χ0n) is 8.28. The minimum absolute atomic E-state index is 0.0202. The van der Waals surface area contributed by atoms with Crippen LogP contribution >= 0.6 is 0 Å². The van der Waals surface area contributed by atoms with Gasteiger partial charge < -0.3 is 9.84 Å². The van der Waals surface area contributed by atoms with Crippen molar-refractivity contribution in [2.24, 2.45) is 5.92 Å². The predicted octanol–water partition coefficient (Wildman–Crippen LogP) is -0.294. The fourth-order valence-corrected chi connectivity index (χ4v) is 0.939. The first-order valence-electron chi connectivity index (χ1n) is 4.29. The van der Waals surface area contributed by atoms with Crippen LogP contribution in [0.3, 0.4) is 0 Å². The fraction of sp³-hybridized carbons (Fsp3) is 0.667. The van der Waals surface area contributed by atoms with E-state index in [2.05, 4.69) is 4.74 Å². The van der Waals surface area contributed by atoms with E-state index < -0.39 is 23.5 Å². The molecule has 0 radical (unpaired) electrons. The Morgan fingerprint density at radius 1 is 1.21 bits per heavy atom. The number of hydrogen-bond acceptors (Lipinski definition) is 5. The van der Waals surface area contributed by atoms with Gasteiger partial charge in [-0.25, -0.2) is 0 Å². The quantitative estimate of drug-likeness (QED) is 0.363. The number of ether oxygens (including phenoxy) is 1. The molecule has 0 aliphatic carbocycles. The Labute approximate surface area is 82.1 Å². The molecule has 5 heteroatoms. The van der Waals surface area contributed by atoms with Crippen LogP contribution in [0.4, 0.5) is 0 Å². The first-order valence-corrected chi connectivity index (χ1v) is 4.29. The number of aliphatic hydroxyl groups excluding tert-OH is 1. The van der Waals surface area contributed by atoms with E-state index >= 15 is 0 Å². The van der Waals surface area contributed by atoms with Crippen molar-refractivity contribution in [3.63, 3.8) is 0 Å². The summed E-state index contributed by atoms with van der Waals surface area (Å²) in [5.41, 5.74) is 0. The van der Waals surface area contributed by atoms with Crippen LogP contribution in [0.5, 0.6) is 0 Å². The number of ketones is 2. The summed E-state index contributed by atoms with van der Waals surface area (Å²) < 4.78 is 4.63. The molecule has 0 aliphatic rings. The van der Waals surface area contributed by atoms with Crippen LogP contribution in [0.15, 0.2) is 0 Å². The van der Waals surface area contributed by atoms with Crippen LogP contribution in [-0.2, 0) is 19.1 Å². The number of esters is 1. The minimum Gasteiger partial charge on any atom is -0.465 e. The number of carbonyl (C=O) groups is 3. The van der Waals surface area contributed by atoms with Crippen molar-refractivity contribution < 1.29 is 24.2 Å². The smallest absolute Gasteiger partial charge is 0.324 e. The Kier molecular flexibility index (Phi) is 5.71. The summed E-state index contributed by atoms with van der Waals surface area (Å²) in [6, 6.07) is 0. The topological polar surface area (TPSA) is 80.7 Å². The van der Waals surface area contributed by atoms with Crippen LogP contribution in [0.1, 0.15) is 20.3 Å². The van der Waals surface area contributed by atoms with Crippen LogP contribution in [-0.4, -0.2) is 35.9 Å². The Bertz CT molecular complexity index is 219. The second kappa shape index (κ2) is 6.26. The van der Waals surface area contributed by atoms with E-state index in [-0.39, 0.29) is 13.2 Å². The number of Topliss-reactive ketones (excluding diaryl/α,β-unsaturated/α-hetero) is 2. The SMILES string of the molecule is CC(=O)C(C(C)=O)C(=O)OCCCO. The third kappa shape index (κ3) is 4.13. The van der Waals surface area contributed by atoms with Gasteiger partial charge in [0.15, 0.2) is 17.5 Å². The summed E-state index contributed by atoms with van der Waals surface area (Å²) in [6.45, 7) is 2.25. The Morgan fingerprint density at radius 3 is 2.07 bits per heavy atom. The van der Waals surface area contributed by atoms with Crippen LogP contribution in [0.25, 0.3) is 0 Å². The van der Waals surface area contributed by atoms with E-state index in [9.17, 15) is 14.4 Å². The average Bonchev–Trinajstić information content (AvgIpc) is 2.03. The predicted molar refractivity (Wildman–Crippen MR) is 47.5 cm³/mol. The normalized spacial score (nSPS) is 10.0. The molecule has 80 valence electrons.